The summed E-state index contributed by atoms with van der Waals surface area (Å²) in [5.74, 6) is 0.689. The lowest BCUT2D eigenvalue weighted by Crippen LogP contribution is -2.28. The van der Waals surface area contributed by atoms with Crippen molar-refractivity contribution in [3.05, 3.63) is 58.1 Å². The zero-order valence-corrected chi connectivity index (χ0v) is 15.9. The van der Waals surface area contributed by atoms with E-state index >= 15 is 0 Å². The van der Waals surface area contributed by atoms with Gasteiger partial charge in [0.2, 0.25) is 10.0 Å². The zero-order valence-electron chi connectivity index (χ0n) is 15.1. The van der Waals surface area contributed by atoms with Crippen LogP contribution < -0.4 is 9.46 Å². The second-order valence-electron chi connectivity index (χ2n) is 6.29. The predicted molar refractivity (Wildman–Crippen MR) is 97.1 cm³/mol. The van der Waals surface area contributed by atoms with Gasteiger partial charge in [0.15, 0.2) is 0 Å². The molecule has 0 amide bonds. The Balaban J connectivity index is 2.36. The van der Waals surface area contributed by atoms with Gasteiger partial charge >= 0.3 is 0 Å². The molecule has 0 aliphatic rings. The van der Waals surface area contributed by atoms with Gasteiger partial charge in [-0.25, -0.2) is 13.1 Å². The molecule has 130 valence electrons. The van der Waals surface area contributed by atoms with Gasteiger partial charge in [-0.1, -0.05) is 23.8 Å². The zero-order chi connectivity index (χ0) is 18.1. The second-order valence-corrected chi connectivity index (χ2v) is 7.97. The van der Waals surface area contributed by atoms with Crippen LogP contribution in [0.4, 0.5) is 0 Å². The highest BCUT2D eigenvalue weighted by Gasteiger charge is 2.22. The van der Waals surface area contributed by atoms with Gasteiger partial charge in [0.05, 0.1) is 12.0 Å². The summed E-state index contributed by atoms with van der Waals surface area (Å²) in [5.41, 5.74) is 4.67. The fourth-order valence-corrected chi connectivity index (χ4v) is 4.48. The van der Waals surface area contributed by atoms with Crippen molar-refractivity contribution in [3.63, 3.8) is 0 Å². The van der Waals surface area contributed by atoms with Crippen LogP contribution in [0.5, 0.6) is 5.75 Å². The Morgan fingerprint density at radius 2 is 1.62 bits per heavy atom. The average Bonchev–Trinajstić information content (AvgIpc) is 2.48. The molecule has 4 nitrogen and oxygen atoms in total. The van der Waals surface area contributed by atoms with Crippen molar-refractivity contribution in [2.75, 3.05) is 7.11 Å². The minimum Gasteiger partial charge on any atom is -0.496 e. The summed E-state index contributed by atoms with van der Waals surface area (Å²) in [4.78, 5) is 0.289. The van der Waals surface area contributed by atoms with Crippen LogP contribution in [-0.4, -0.2) is 15.5 Å². The molecule has 0 unspecified atom stereocenters. The van der Waals surface area contributed by atoms with E-state index in [4.69, 9.17) is 4.74 Å². The third-order valence-electron chi connectivity index (χ3n) is 4.21. The monoisotopic (exact) mass is 347 g/mol. The van der Waals surface area contributed by atoms with E-state index in [1.54, 1.807) is 26.2 Å². The molecular weight excluding hydrogens is 322 g/mol. The van der Waals surface area contributed by atoms with Crippen LogP contribution in [-0.2, 0) is 10.0 Å². The molecule has 0 fully saturated rings. The van der Waals surface area contributed by atoms with Gasteiger partial charge in [0, 0.05) is 6.04 Å². The van der Waals surface area contributed by atoms with Gasteiger partial charge in [-0.15, -0.1) is 0 Å². The molecule has 0 aromatic heterocycles. The lowest BCUT2D eigenvalue weighted by atomic mass is 10.0. The van der Waals surface area contributed by atoms with Crippen LogP contribution in [0.25, 0.3) is 0 Å². The van der Waals surface area contributed by atoms with Gasteiger partial charge < -0.3 is 4.74 Å². The van der Waals surface area contributed by atoms with E-state index in [-0.39, 0.29) is 10.9 Å². The SMILES string of the molecule is COc1cc(C)c(S(=O)(=O)N[C@H](C)c2ccc(C)cc2C)cc1C. The number of hydrogen-bond acceptors (Lipinski definition) is 3. The number of aryl methyl sites for hydroxylation is 4. The second kappa shape index (κ2) is 6.95. The molecule has 1 N–H and O–H groups in total. The average molecular weight is 347 g/mol. The van der Waals surface area contributed by atoms with E-state index in [0.29, 0.717) is 11.3 Å². The molecule has 2 rings (SSSR count). The normalized spacial score (nSPS) is 12.9. The quantitative estimate of drug-likeness (QED) is 0.890. The van der Waals surface area contributed by atoms with Gasteiger partial charge in [-0.3, -0.25) is 0 Å². The molecule has 0 radical (unpaired) electrons. The third kappa shape index (κ3) is 3.79. The predicted octanol–water partition coefficient (Wildman–Crippen LogP) is 3.97. The summed E-state index contributed by atoms with van der Waals surface area (Å²) < 4.78 is 33.7. The summed E-state index contributed by atoms with van der Waals surface area (Å²) in [6.45, 7) is 9.50. The molecule has 0 saturated heterocycles. The molecule has 24 heavy (non-hydrogen) atoms. The van der Waals surface area contributed by atoms with Crippen LogP contribution in [0.1, 0.15) is 40.8 Å². The Bertz CT molecular complexity index is 857. The summed E-state index contributed by atoms with van der Waals surface area (Å²) >= 11 is 0. The molecule has 0 bridgehead atoms. The van der Waals surface area contributed by atoms with Crippen LogP contribution in [0.3, 0.4) is 0 Å². The molecule has 0 aliphatic carbocycles. The van der Waals surface area contributed by atoms with Crippen LogP contribution in [0.2, 0.25) is 0 Å². The van der Waals surface area contributed by atoms with Crippen molar-refractivity contribution in [2.45, 2.75) is 45.6 Å². The Morgan fingerprint density at radius 1 is 0.958 bits per heavy atom. The van der Waals surface area contributed by atoms with E-state index < -0.39 is 10.0 Å². The number of methoxy groups -OCH3 is 1. The fourth-order valence-electron chi connectivity index (χ4n) is 2.94. The standard InChI is InChI=1S/C19H25NO3S/c1-12-7-8-17(13(2)9-12)16(5)20-24(21,22)19-11-14(3)18(23-6)10-15(19)4/h7-11,16,20H,1-6H3/t16-/m1/s1. The maximum atomic E-state index is 12.8. The Labute approximate surface area is 144 Å². The van der Waals surface area contributed by atoms with Crippen molar-refractivity contribution in [2.24, 2.45) is 0 Å². The molecule has 2 aromatic carbocycles. The van der Waals surface area contributed by atoms with Crippen LogP contribution in [0.15, 0.2) is 35.2 Å². The van der Waals surface area contributed by atoms with Gasteiger partial charge in [-0.2, -0.15) is 0 Å². The van der Waals surface area contributed by atoms with Crippen molar-refractivity contribution in [1.82, 2.24) is 4.72 Å². The molecule has 5 heteroatoms. The first-order chi connectivity index (χ1) is 11.2. The summed E-state index contributed by atoms with van der Waals surface area (Å²) in [7, 11) is -2.04. The topological polar surface area (TPSA) is 55.4 Å². The molecule has 1 atom stereocenters. The maximum Gasteiger partial charge on any atom is 0.241 e. The Morgan fingerprint density at radius 3 is 2.21 bits per heavy atom. The molecule has 0 aliphatic heterocycles. The molecule has 0 saturated carbocycles. The highest BCUT2D eigenvalue weighted by atomic mass is 32.2. The van der Waals surface area contributed by atoms with Gasteiger partial charge in [-0.05, 0) is 69.0 Å². The first kappa shape index (κ1) is 18.5. The maximum absolute atomic E-state index is 12.8. The Kier molecular flexibility index (Phi) is 5.35. The number of hydrogen-bond donors (Lipinski definition) is 1. The summed E-state index contributed by atoms with van der Waals surface area (Å²) in [6.07, 6.45) is 0. The third-order valence-corrected chi connectivity index (χ3v) is 5.89. The number of sulfonamides is 1. The molecule has 2 aromatic rings. The van der Waals surface area contributed by atoms with Crippen LogP contribution in [0, 0.1) is 27.7 Å². The molecule has 0 spiro atoms. The van der Waals surface area contributed by atoms with Crippen molar-refractivity contribution < 1.29 is 13.2 Å². The van der Waals surface area contributed by atoms with Crippen molar-refractivity contribution >= 4 is 10.0 Å². The van der Waals surface area contributed by atoms with Crippen molar-refractivity contribution in [1.29, 1.82) is 0 Å². The number of nitrogens with one attached hydrogen (secondary N) is 1. The molecule has 0 heterocycles. The number of benzene rings is 2. The number of rotatable bonds is 5. The lowest BCUT2D eigenvalue weighted by molar-refractivity contribution is 0.411. The van der Waals surface area contributed by atoms with E-state index in [9.17, 15) is 8.42 Å². The number of ether oxygens (including phenoxy) is 1. The lowest BCUT2D eigenvalue weighted by Gasteiger charge is -2.19. The van der Waals surface area contributed by atoms with E-state index in [1.807, 2.05) is 39.8 Å². The summed E-state index contributed by atoms with van der Waals surface area (Å²) in [6, 6.07) is 9.14. The highest BCUT2D eigenvalue weighted by Crippen LogP contribution is 2.27. The minimum absolute atomic E-state index is 0.289. The summed E-state index contributed by atoms with van der Waals surface area (Å²) in [5, 5.41) is 0. The highest BCUT2D eigenvalue weighted by molar-refractivity contribution is 7.89. The molecular formula is C19H25NO3S. The van der Waals surface area contributed by atoms with Crippen molar-refractivity contribution in [3.8, 4) is 5.75 Å². The van der Waals surface area contributed by atoms with Crippen LogP contribution >= 0.6 is 0 Å². The van der Waals surface area contributed by atoms with E-state index in [1.165, 1.54) is 0 Å². The smallest absolute Gasteiger partial charge is 0.241 e. The Hall–Kier alpha value is -1.85. The largest absolute Gasteiger partial charge is 0.496 e. The van der Waals surface area contributed by atoms with Gasteiger partial charge in [0.25, 0.3) is 0 Å². The fraction of sp³-hybridized carbons (Fsp3) is 0.368. The van der Waals surface area contributed by atoms with E-state index in [2.05, 4.69) is 10.8 Å². The first-order valence-corrected chi connectivity index (χ1v) is 9.38. The van der Waals surface area contributed by atoms with Gasteiger partial charge in [0.1, 0.15) is 5.75 Å². The minimum atomic E-state index is -3.62. The first-order valence-electron chi connectivity index (χ1n) is 7.90. The van der Waals surface area contributed by atoms with E-state index in [0.717, 1.165) is 22.3 Å².